The number of aromatic nitrogens is 4. The molecule has 0 aliphatic heterocycles. The number of pyridine rings is 1. The van der Waals surface area contributed by atoms with Crippen LogP contribution in [-0.2, 0) is 25.2 Å². The van der Waals surface area contributed by atoms with Gasteiger partial charge in [-0.2, -0.15) is 18.3 Å². The molecule has 0 radical (unpaired) electrons. The molecule has 0 saturated carbocycles. The number of nitrogens with zero attached hydrogens (tertiary/aromatic N) is 4. The summed E-state index contributed by atoms with van der Waals surface area (Å²) in [5.41, 5.74) is 1.23. The fourth-order valence-electron chi connectivity index (χ4n) is 2.82. The average Bonchev–Trinajstić information content (AvgIpc) is 3.01. The quantitative estimate of drug-likeness (QED) is 0.705. The van der Waals surface area contributed by atoms with Crippen molar-refractivity contribution < 1.29 is 13.2 Å². The maximum Gasteiger partial charge on any atom is 0.435 e. The van der Waals surface area contributed by atoms with E-state index in [1.807, 2.05) is 22.8 Å². The van der Waals surface area contributed by atoms with Gasteiger partial charge in [0.2, 0.25) is 0 Å². The van der Waals surface area contributed by atoms with Crippen LogP contribution in [-0.4, -0.2) is 19.3 Å². The molecule has 4 nitrogen and oxygen atoms in total. The molecule has 128 valence electrons. The molecule has 3 aromatic rings. The van der Waals surface area contributed by atoms with Crippen LogP contribution in [0.2, 0.25) is 0 Å². The van der Waals surface area contributed by atoms with E-state index in [4.69, 9.17) is 0 Å². The number of hydrogen-bond donors (Lipinski definition) is 0. The normalized spacial score (nSPS) is 13.0. The van der Waals surface area contributed by atoms with Gasteiger partial charge < -0.3 is 4.57 Å². The van der Waals surface area contributed by atoms with E-state index in [-0.39, 0.29) is 12.0 Å². The van der Waals surface area contributed by atoms with Crippen LogP contribution in [0, 0.1) is 0 Å². The molecule has 3 heterocycles. The van der Waals surface area contributed by atoms with Crippen molar-refractivity contribution in [3.05, 3.63) is 47.5 Å². The summed E-state index contributed by atoms with van der Waals surface area (Å²) in [6.45, 7) is 6.50. The van der Waals surface area contributed by atoms with Gasteiger partial charge in [0.05, 0.1) is 12.2 Å². The fraction of sp³-hybridized carbons (Fsp3) is 0.412. The first-order chi connectivity index (χ1) is 11.1. The first-order valence-electron chi connectivity index (χ1n) is 7.62. The summed E-state index contributed by atoms with van der Waals surface area (Å²) in [4.78, 5) is 4.41. The van der Waals surface area contributed by atoms with Gasteiger partial charge >= 0.3 is 6.18 Å². The molecule has 0 aromatic carbocycles. The van der Waals surface area contributed by atoms with Gasteiger partial charge in [-0.15, -0.1) is 0 Å². The summed E-state index contributed by atoms with van der Waals surface area (Å²) in [7, 11) is 1.53. The molecule has 0 N–H and O–H groups in total. The second-order valence-electron chi connectivity index (χ2n) is 6.92. The van der Waals surface area contributed by atoms with Gasteiger partial charge in [0.1, 0.15) is 5.65 Å². The van der Waals surface area contributed by atoms with Gasteiger partial charge in [0.15, 0.2) is 5.69 Å². The second-order valence-corrected chi connectivity index (χ2v) is 6.92. The Kier molecular flexibility index (Phi) is 3.69. The second kappa shape index (κ2) is 5.36. The molecule has 0 aliphatic carbocycles. The van der Waals surface area contributed by atoms with Gasteiger partial charge in [-0.1, -0.05) is 20.8 Å². The van der Waals surface area contributed by atoms with Crippen LogP contribution < -0.4 is 0 Å². The fourth-order valence-corrected chi connectivity index (χ4v) is 2.82. The van der Waals surface area contributed by atoms with Crippen molar-refractivity contribution in [3.63, 3.8) is 0 Å². The number of fused-ring (bicyclic) bond motifs is 1. The zero-order chi connectivity index (χ0) is 17.7. The Morgan fingerprint density at radius 3 is 2.42 bits per heavy atom. The third-order valence-electron chi connectivity index (χ3n) is 4.01. The summed E-state index contributed by atoms with van der Waals surface area (Å²) in [6.07, 6.45) is -2.75. The van der Waals surface area contributed by atoms with E-state index in [2.05, 4.69) is 30.9 Å². The lowest BCUT2D eigenvalue weighted by atomic mass is 9.92. The minimum Gasteiger partial charge on any atom is -0.323 e. The van der Waals surface area contributed by atoms with E-state index >= 15 is 0 Å². The van der Waals surface area contributed by atoms with Gasteiger partial charge in [-0.05, 0) is 24.3 Å². The van der Waals surface area contributed by atoms with Gasteiger partial charge in [-0.25, -0.2) is 4.98 Å². The number of aryl methyl sites for hydroxylation is 1. The number of rotatable bonds is 2. The minimum atomic E-state index is -4.44. The lowest BCUT2D eigenvalue weighted by molar-refractivity contribution is -0.141. The van der Waals surface area contributed by atoms with Crippen LogP contribution in [0.15, 0.2) is 30.5 Å². The molecular weight excluding hydrogens is 317 g/mol. The molecule has 7 heteroatoms. The Bertz CT molecular complexity index is 881. The largest absolute Gasteiger partial charge is 0.435 e. The highest BCUT2D eigenvalue weighted by atomic mass is 19.4. The Morgan fingerprint density at radius 1 is 1.12 bits per heavy atom. The maximum absolute atomic E-state index is 12.9. The molecule has 3 rings (SSSR count). The summed E-state index contributed by atoms with van der Waals surface area (Å²) in [5.74, 6) is 0. The van der Waals surface area contributed by atoms with Crippen LogP contribution in [0.4, 0.5) is 13.2 Å². The van der Waals surface area contributed by atoms with Gasteiger partial charge in [0, 0.05) is 29.7 Å². The molecule has 0 spiro atoms. The predicted molar refractivity (Wildman–Crippen MR) is 85.7 cm³/mol. The molecule has 0 amide bonds. The van der Waals surface area contributed by atoms with E-state index < -0.39 is 11.9 Å². The van der Waals surface area contributed by atoms with E-state index in [1.54, 1.807) is 6.20 Å². The van der Waals surface area contributed by atoms with Crippen molar-refractivity contribution in [1.82, 2.24) is 19.3 Å². The Hall–Kier alpha value is -2.31. The van der Waals surface area contributed by atoms with Crippen molar-refractivity contribution >= 4 is 11.0 Å². The molecule has 0 atom stereocenters. The summed E-state index contributed by atoms with van der Waals surface area (Å²) >= 11 is 0. The van der Waals surface area contributed by atoms with Crippen molar-refractivity contribution in [2.45, 2.75) is 38.9 Å². The topological polar surface area (TPSA) is 35.6 Å². The molecular formula is C17H19F3N4. The van der Waals surface area contributed by atoms with Crippen LogP contribution >= 0.6 is 0 Å². The SMILES string of the molecule is Cn1nc(C(F)(F)F)cc1Cn1c(C(C)(C)C)cc2cccnc21. The van der Waals surface area contributed by atoms with Crippen LogP contribution in [0.3, 0.4) is 0 Å². The molecule has 0 unspecified atom stereocenters. The molecule has 0 bridgehead atoms. The zero-order valence-corrected chi connectivity index (χ0v) is 14.0. The highest BCUT2D eigenvalue weighted by Gasteiger charge is 2.34. The molecule has 3 aromatic heterocycles. The van der Waals surface area contributed by atoms with Crippen molar-refractivity contribution in [2.24, 2.45) is 7.05 Å². The van der Waals surface area contributed by atoms with Crippen LogP contribution in [0.1, 0.15) is 37.9 Å². The third kappa shape index (κ3) is 2.90. The Balaban J connectivity index is 2.12. The summed E-state index contributed by atoms with van der Waals surface area (Å²) in [6, 6.07) is 6.95. The molecule has 0 fully saturated rings. The van der Waals surface area contributed by atoms with Crippen molar-refractivity contribution in [1.29, 1.82) is 0 Å². The van der Waals surface area contributed by atoms with E-state index in [0.717, 1.165) is 22.8 Å². The van der Waals surface area contributed by atoms with E-state index in [1.165, 1.54) is 11.7 Å². The predicted octanol–water partition coefficient (Wildman–Crippen LogP) is 4.13. The zero-order valence-electron chi connectivity index (χ0n) is 14.0. The maximum atomic E-state index is 12.9. The van der Waals surface area contributed by atoms with Crippen molar-refractivity contribution in [3.8, 4) is 0 Å². The Morgan fingerprint density at radius 2 is 1.83 bits per heavy atom. The lowest BCUT2D eigenvalue weighted by Gasteiger charge is -2.21. The monoisotopic (exact) mass is 336 g/mol. The van der Waals surface area contributed by atoms with Crippen LogP contribution in [0.25, 0.3) is 11.0 Å². The Labute approximate surface area is 137 Å². The summed E-state index contributed by atoms with van der Waals surface area (Å²) < 4.78 is 41.9. The van der Waals surface area contributed by atoms with Crippen molar-refractivity contribution in [2.75, 3.05) is 0 Å². The third-order valence-corrected chi connectivity index (χ3v) is 4.01. The number of alkyl halides is 3. The first kappa shape index (κ1) is 16.5. The van der Waals surface area contributed by atoms with E-state index in [0.29, 0.717) is 5.69 Å². The molecule has 0 saturated heterocycles. The highest BCUT2D eigenvalue weighted by molar-refractivity contribution is 5.77. The summed E-state index contributed by atoms with van der Waals surface area (Å²) in [5, 5.41) is 4.57. The standard InChI is InChI=1S/C17H19F3N4/c1-16(2,3)14-8-11-6-5-7-21-15(11)24(14)10-12-9-13(17(18,19)20)22-23(12)4/h5-9H,10H2,1-4H3. The number of hydrogen-bond acceptors (Lipinski definition) is 2. The number of halogens is 3. The average molecular weight is 336 g/mol. The van der Waals surface area contributed by atoms with Gasteiger partial charge in [-0.3, -0.25) is 4.68 Å². The lowest BCUT2D eigenvalue weighted by Crippen LogP contribution is -2.19. The molecule has 24 heavy (non-hydrogen) atoms. The van der Waals surface area contributed by atoms with E-state index in [9.17, 15) is 13.2 Å². The smallest absolute Gasteiger partial charge is 0.323 e. The first-order valence-corrected chi connectivity index (χ1v) is 7.62. The minimum absolute atomic E-state index is 0.161. The molecule has 0 aliphatic rings. The highest BCUT2D eigenvalue weighted by Crippen LogP contribution is 2.31. The van der Waals surface area contributed by atoms with Gasteiger partial charge in [0.25, 0.3) is 0 Å². The van der Waals surface area contributed by atoms with Crippen LogP contribution in [0.5, 0.6) is 0 Å².